The van der Waals surface area contributed by atoms with Gasteiger partial charge >= 0.3 is 0 Å². The topological polar surface area (TPSA) is 76.6 Å². The van der Waals surface area contributed by atoms with Gasteiger partial charge < -0.3 is 14.8 Å². The zero-order valence-corrected chi connectivity index (χ0v) is 21.7. The van der Waals surface area contributed by atoms with Crippen LogP contribution >= 0.6 is 0 Å². The molecule has 1 N–H and O–H groups in total. The molecule has 0 bridgehead atoms. The number of aromatic nitrogens is 2. The predicted octanol–water partition coefficient (Wildman–Crippen LogP) is 5.41. The van der Waals surface area contributed by atoms with Gasteiger partial charge in [-0.2, -0.15) is 0 Å². The van der Waals surface area contributed by atoms with Gasteiger partial charge in [0, 0.05) is 41.9 Å². The second kappa shape index (κ2) is 10.3. The van der Waals surface area contributed by atoms with Gasteiger partial charge in [0.2, 0.25) is 12.7 Å². The van der Waals surface area contributed by atoms with Crippen molar-refractivity contribution in [2.45, 2.75) is 33.2 Å². The summed E-state index contributed by atoms with van der Waals surface area (Å²) in [4.78, 5) is 25.2. The van der Waals surface area contributed by atoms with Crippen LogP contribution in [-0.4, -0.2) is 40.7 Å². The quantitative estimate of drug-likeness (QED) is 0.377. The van der Waals surface area contributed by atoms with Gasteiger partial charge in [0.05, 0.1) is 17.9 Å². The first-order chi connectivity index (χ1) is 18.6. The summed E-state index contributed by atoms with van der Waals surface area (Å²) in [6.45, 7) is 6.11. The number of hydrogen-bond acceptors (Lipinski definition) is 6. The lowest BCUT2D eigenvalue weighted by Gasteiger charge is -2.29. The van der Waals surface area contributed by atoms with E-state index in [1.165, 1.54) is 5.56 Å². The number of benzene rings is 3. The van der Waals surface area contributed by atoms with Crippen molar-refractivity contribution in [3.8, 4) is 34.1 Å². The van der Waals surface area contributed by atoms with Crippen LogP contribution in [0.5, 0.6) is 11.5 Å². The summed E-state index contributed by atoms with van der Waals surface area (Å²) in [5.41, 5.74) is 8.18. The Bertz CT molecular complexity index is 1520. The fourth-order valence-electron chi connectivity index (χ4n) is 5.10. The Hall–Kier alpha value is -4.23. The van der Waals surface area contributed by atoms with Crippen LogP contribution in [0.3, 0.4) is 0 Å². The maximum Gasteiger partial charge on any atom is 0.238 e. The maximum atomic E-state index is 12.9. The first kappa shape index (κ1) is 24.1. The van der Waals surface area contributed by atoms with Crippen molar-refractivity contribution in [3.05, 3.63) is 89.1 Å². The van der Waals surface area contributed by atoms with Gasteiger partial charge in [-0.05, 0) is 54.8 Å². The first-order valence-electron chi connectivity index (χ1n) is 13.0. The third kappa shape index (κ3) is 4.85. The van der Waals surface area contributed by atoms with Crippen LogP contribution in [0.25, 0.3) is 22.6 Å². The molecule has 6 rings (SSSR count). The summed E-state index contributed by atoms with van der Waals surface area (Å²) in [7, 11) is 0. The molecule has 0 saturated heterocycles. The number of ether oxygens (including phenoxy) is 2. The smallest absolute Gasteiger partial charge is 0.238 e. The van der Waals surface area contributed by atoms with E-state index < -0.39 is 0 Å². The Labute approximate surface area is 222 Å². The minimum atomic E-state index is -0.0166. The van der Waals surface area contributed by atoms with Crippen molar-refractivity contribution < 1.29 is 14.3 Å². The van der Waals surface area contributed by atoms with Crippen LogP contribution in [0.1, 0.15) is 29.3 Å². The third-order valence-electron chi connectivity index (χ3n) is 7.16. The van der Waals surface area contributed by atoms with Crippen LogP contribution < -0.4 is 14.8 Å². The van der Waals surface area contributed by atoms with Crippen LogP contribution in [0.4, 0.5) is 5.69 Å². The predicted molar refractivity (Wildman–Crippen MR) is 147 cm³/mol. The van der Waals surface area contributed by atoms with E-state index in [9.17, 15) is 4.79 Å². The number of nitrogens with zero attached hydrogens (tertiary/aromatic N) is 3. The van der Waals surface area contributed by atoms with Crippen LogP contribution in [0.15, 0.2) is 66.7 Å². The van der Waals surface area contributed by atoms with Gasteiger partial charge in [-0.3, -0.25) is 9.69 Å². The molecule has 3 heterocycles. The number of carbonyl (C=O) groups is 1. The number of nitrogens with one attached hydrogen (secondary N) is 1. The fraction of sp³-hybridized carbons (Fsp3) is 0.258. The summed E-state index contributed by atoms with van der Waals surface area (Å²) >= 11 is 0. The van der Waals surface area contributed by atoms with E-state index in [2.05, 4.69) is 42.3 Å². The number of carbonyl (C=O) groups excluding carboxylic acids is 1. The van der Waals surface area contributed by atoms with Crippen molar-refractivity contribution in [2.75, 3.05) is 25.2 Å². The monoisotopic (exact) mass is 506 g/mol. The minimum Gasteiger partial charge on any atom is -0.454 e. The Morgan fingerprint density at radius 1 is 1.00 bits per heavy atom. The molecule has 1 amide bonds. The highest BCUT2D eigenvalue weighted by Crippen LogP contribution is 2.37. The van der Waals surface area contributed by atoms with Crippen LogP contribution in [0, 0.1) is 6.92 Å². The van der Waals surface area contributed by atoms with E-state index >= 15 is 0 Å². The molecule has 7 heteroatoms. The number of aryl methyl sites for hydroxylation is 2. The standard InChI is InChI=1S/C31H30N4O3/c1-3-21-8-6-9-23(15-21)32-29(36)18-35-14-13-26-25(17-35)30(24-10-5-4-7-20(24)2)34-31(33-26)22-11-12-27-28(16-22)38-19-37-27/h4-12,15-16H,3,13-14,17-19H2,1-2H3,(H,32,36). The van der Waals surface area contributed by atoms with Gasteiger partial charge in [-0.25, -0.2) is 9.97 Å². The number of amides is 1. The lowest BCUT2D eigenvalue weighted by molar-refractivity contribution is -0.117. The second-order valence-electron chi connectivity index (χ2n) is 9.77. The van der Waals surface area contributed by atoms with Crippen LogP contribution in [0.2, 0.25) is 0 Å². The van der Waals surface area contributed by atoms with E-state index in [0.717, 1.165) is 64.5 Å². The molecule has 7 nitrogen and oxygen atoms in total. The van der Waals surface area contributed by atoms with Crippen molar-refractivity contribution >= 4 is 11.6 Å². The number of rotatable bonds is 6. The minimum absolute atomic E-state index is 0.0166. The molecule has 192 valence electrons. The molecule has 0 atom stereocenters. The lowest BCUT2D eigenvalue weighted by atomic mass is 9.96. The van der Waals surface area contributed by atoms with Gasteiger partial charge in [0.1, 0.15) is 0 Å². The molecule has 0 unspecified atom stereocenters. The number of anilines is 1. The van der Waals surface area contributed by atoms with Crippen molar-refractivity contribution in [2.24, 2.45) is 0 Å². The highest BCUT2D eigenvalue weighted by molar-refractivity contribution is 5.92. The molecule has 38 heavy (non-hydrogen) atoms. The molecule has 0 fully saturated rings. The molecule has 0 radical (unpaired) electrons. The van der Waals surface area contributed by atoms with Gasteiger partial charge in [0.15, 0.2) is 17.3 Å². The Morgan fingerprint density at radius 2 is 1.87 bits per heavy atom. The molecule has 0 aliphatic carbocycles. The third-order valence-corrected chi connectivity index (χ3v) is 7.16. The summed E-state index contributed by atoms with van der Waals surface area (Å²) < 4.78 is 11.1. The largest absolute Gasteiger partial charge is 0.454 e. The molecule has 2 aliphatic heterocycles. The zero-order chi connectivity index (χ0) is 26.1. The molecule has 0 spiro atoms. The van der Waals surface area contributed by atoms with Crippen molar-refractivity contribution in [3.63, 3.8) is 0 Å². The Morgan fingerprint density at radius 3 is 2.74 bits per heavy atom. The highest BCUT2D eigenvalue weighted by atomic mass is 16.7. The molecular weight excluding hydrogens is 476 g/mol. The average Bonchev–Trinajstić information content (AvgIpc) is 3.41. The summed E-state index contributed by atoms with van der Waals surface area (Å²) in [5.74, 6) is 2.10. The Balaban J connectivity index is 1.30. The molecule has 1 aromatic heterocycles. The molecular formula is C31H30N4O3. The van der Waals surface area contributed by atoms with Gasteiger partial charge in [-0.1, -0.05) is 43.3 Å². The molecule has 0 saturated carbocycles. The molecule has 3 aromatic carbocycles. The highest BCUT2D eigenvalue weighted by Gasteiger charge is 2.26. The lowest BCUT2D eigenvalue weighted by Crippen LogP contribution is -2.38. The average molecular weight is 507 g/mol. The van der Waals surface area contributed by atoms with E-state index in [0.29, 0.717) is 24.7 Å². The Kier molecular flexibility index (Phi) is 6.52. The van der Waals surface area contributed by atoms with Crippen molar-refractivity contribution in [1.29, 1.82) is 0 Å². The summed E-state index contributed by atoms with van der Waals surface area (Å²) in [5, 5.41) is 3.06. The summed E-state index contributed by atoms with van der Waals surface area (Å²) in [6.07, 6.45) is 1.68. The SMILES string of the molecule is CCc1cccc(NC(=O)CN2CCc3nc(-c4ccc5c(c4)OCO5)nc(-c4ccccc4C)c3C2)c1. The zero-order valence-electron chi connectivity index (χ0n) is 21.7. The van der Waals surface area contributed by atoms with E-state index in [-0.39, 0.29) is 12.7 Å². The number of fused-ring (bicyclic) bond motifs is 2. The van der Waals surface area contributed by atoms with Crippen molar-refractivity contribution in [1.82, 2.24) is 14.9 Å². The normalized spacial score (nSPS) is 14.3. The first-order valence-corrected chi connectivity index (χ1v) is 13.0. The maximum absolute atomic E-state index is 12.9. The van der Waals surface area contributed by atoms with E-state index in [4.69, 9.17) is 19.4 Å². The second-order valence-corrected chi connectivity index (χ2v) is 9.77. The molecule has 4 aromatic rings. The number of hydrogen-bond donors (Lipinski definition) is 1. The van der Waals surface area contributed by atoms with Crippen LogP contribution in [-0.2, 0) is 24.2 Å². The summed E-state index contributed by atoms with van der Waals surface area (Å²) in [6, 6.07) is 22.1. The van der Waals surface area contributed by atoms with E-state index in [1.807, 2.05) is 48.5 Å². The van der Waals surface area contributed by atoms with Gasteiger partial charge in [-0.15, -0.1) is 0 Å². The van der Waals surface area contributed by atoms with Gasteiger partial charge in [0.25, 0.3) is 0 Å². The van der Waals surface area contributed by atoms with E-state index in [1.54, 1.807) is 0 Å². The molecule has 2 aliphatic rings. The fourth-order valence-corrected chi connectivity index (χ4v) is 5.10.